The second-order valence-electron chi connectivity index (χ2n) is 7.13. The molecule has 6 heteroatoms. The molecule has 0 amide bonds. The van der Waals surface area contributed by atoms with Crippen molar-refractivity contribution >= 4 is 21.6 Å². The summed E-state index contributed by atoms with van der Waals surface area (Å²) in [5.74, 6) is 0.736. The van der Waals surface area contributed by atoms with Crippen LogP contribution < -0.4 is 10.3 Å². The first-order valence-electron chi connectivity index (χ1n) is 9.43. The molecule has 0 aliphatic heterocycles. The van der Waals surface area contributed by atoms with Crippen molar-refractivity contribution in [3.05, 3.63) is 81.7 Å². The molecule has 148 valence electrons. The quantitative estimate of drug-likeness (QED) is 0.522. The van der Waals surface area contributed by atoms with Crippen molar-refractivity contribution in [1.29, 1.82) is 0 Å². The van der Waals surface area contributed by atoms with Gasteiger partial charge in [-0.05, 0) is 31.0 Å². The topological polar surface area (TPSA) is 64.3 Å². The number of benzene rings is 2. The van der Waals surface area contributed by atoms with Crippen molar-refractivity contribution < 1.29 is 9.84 Å². The van der Waals surface area contributed by atoms with Gasteiger partial charge >= 0.3 is 0 Å². The Morgan fingerprint density at radius 3 is 2.72 bits per heavy atom. The number of fused-ring (bicyclic) bond motifs is 1. The molecule has 2 heterocycles. The van der Waals surface area contributed by atoms with E-state index >= 15 is 0 Å². The maximum atomic E-state index is 13.1. The molecule has 0 saturated heterocycles. The van der Waals surface area contributed by atoms with Gasteiger partial charge < -0.3 is 9.84 Å². The average Bonchev–Trinajstić information content (AvgIpc) is 3.15. The minimum absolute atomic E-state index is 0.101. The fraction of sp³-hybridized carbons (Fsp3) is 0.217. The van der Waals surface area contributed by atoms with E-state index in [0.29, 0.717) is 10.2 Å². The molecule has 0 fully saturated rings. The molecule has 1 atom stereocenters. The summed E-state index contributed by atoms with van der Waals surface area (Å²) in [6, 6.07) is 15.7. The number of aliphatic hydroxyl groups is 1. The molecule has 0 bridgehead atoms. The third-order valence-electron chi connectivity index (χ3n) is 4.81. The number of hydrogen-bond acceptors (Lipinski definition) is 5. The Bertz CT molecular complexity index is 1200. The summed E-state index contributed by atoms with van der Waals surface area (Å²) in [6.45, 7) is 4.22. The Labute approximate surface area is 172 Å². The van der Waals surface area contributed by atoms with Crippen LogP contribution in [0, 0.1) is 13.8 Å². The molecule has 4 aromatic rings. The van der Waals surface area contributed by atoms with Gasteiger partial charge in [-0.25, -0.2) is 4.98 Å². The Kier molecular flexibility index (Phi) is 5.47. The molecule has 0 radical (unpaired) electrons. The molecule has 0 aliphatic rings. The lowest BCUT2D eigenvalue weighted by atomic mass is 10.1. The van der Waals surface area contributed by atoms with Gasteiger partial charge in [0.05, 0.1) is 18.3 Å². The highest BCUT2D eigenvalue weighted by atomic mass is 32.1. The summed E-state index contributed by atoms with van der Waals surface area (Å²) in [4.78, 5) is 18.2. The number of aliphatic hydroxyl groups excluding tert-OH is 1. The van der Waals surface area contributed by atoms with Gasteiger partial charge in [-0.3, -0.25) is 9.36 Å². The Morgan fingerprint density at radius 1 is 1.17 bits per heavy atom. The molecule has 1 N–H and O–H groups in total. The van der Waals surface area contributed by atoms with E-state index in [9.17, 15) is 9.90 Å². The van der Waals surface area contributed by atoms with Crippen LogP contribution in [0.2, 0.25) is 0 Å². The number of rotatable bonds is 6. The van der Waals surface area contributed by atoms with Gasteiger partial charge in [0.1, 0.15) is 23.3 Å². The smallest absolute Gasteiger partial charge is 0.262 e. The molecule has 4 rings (SSSR count). The minimum Gasteiger partial charge on any atom is -0.491 e. The van der Waals surface area contributed by atoms with Crippen molar-refractivity contribution in [3.63, 3.8) is 0 Å². The number of hydrogen-bond donors (Lipinski definition) is 1. The summed E-state index contributed by atoms with van der Waals surface area (Å²) < 4.78 is 7.20. The van der Waals surface area contributed by atoms with Crippen LogP contribution >= 0.6 is 11.3 Å². The standard InChI is InChI=1S/C23H22N2O3S/c1-15-8-9-20(16(2)10-15)28-12-18(26)11-25-14-24-22-21(23(25)27)19(13-29-22)17-6-4-3-5-7-17/h3-10,13-14,18,26H,11-12H2,1-2H3. The van der Waals surface area contributed by atoms with Crippen molar-refractivity contribution in [1.82, 2.24) is 9.55 Å². The maximum absolute atomic E-state index is 13.1. The third kappa shape index (κ3) is 4.09. The van der Waals surface area contributed by atoms with Crippen LogP contribution in [-0.4, -0.2) is 27.4 Å². The van der Waals surface area contributed by atoms with Crippen molar-refractivity contribution in [2.75, 3.05) is 6.61 Å². The van der Waals surface area contributed by atoms with E-state index in [2.05, 4.69) is 4.98 Å². The van der Waals surface area contributed by atoms with E-state index in [-0.39, 0.29) is 18.7 Å². The number of aromatic nitrogens is 2. The number of ether oxygens (including phenoxy) is 1. The Balaban J connectivity index is 1.55. The van der Waals surface area contributed by atoms with Gasteiger partial charge in [0.15, 0.2) is 0 Å². The van der Waals surface area contributed by atoms with Crippen LogP contribution in [0.25, 0.3) is 21.3 Å². The number of thiophene rings is 1. The van der Waals surface area contributed by atoms with E-state index in [4.69, 9.17) is 4.74 Å². The van der Waals surface area contributed by atoms with E-state index in [1.165, 1.54) is 22.2 Å². The fourth-order valence-electron chi connectivity index (χ4n) is 3.35. The molecule has 0 saturated carbocycles. The lowest BCUT2D eigenvalue weighted by molar-refractivity contribution is 0.0911. The zero-order chi connectivity index (χ0) is 20.4. The predicted molar refractivity (Wildman–Crippen MR) is 117 cm³/mol. The molecule has 2 aromatic heterocycles. The summed E-state index contributed by atoms with van der Waals surface area (Å²) in [6.07, 6.45) is 0.669. The van der Waals surface area contributed by atoms with Crippen molar-refractivity contribution in [2.24, 2.45) is 0 Å². The molecular formula is C23H22N2O3S. The summed E-state index contributed by atoms with van der Waals surface area (Å²) >= 11 is 1.45. The SMILES string of the molecule is Cc1ccc(OCC(O)Cn2cnc3scc(-c4ccccc4)c3c2=O)c(C)c1. The number of aryl methyl sites for hydroxylation is 2. The summed E-state index contributed by atoms with van der Waals surface area (Å²) in [5, 5.41) is 13.0. The van der Waals surface area contributed by atoms with E-state index in [1.807, 2.05) is 67.8 Å². The lowest BCUT2D eigenvalue weighted by Crippen LogP contribution is -2.30. The van der Waals surface area contributed by atoms with Gasteiger partial charge in [0, 0.05) is 10.9 Å². The molecular weight excluding hydrogens is 384 g/mol. The third-order valence-corrected chi connectivity index (χ3v) is 5.70. The van der Waals surface area contributed by atoms with E-state index in [1.54, 1.807) is 0 Å². The van der Waals surface area contributed by atoms with Gasteiger partial charge in [-0.1, -0.05) is 48.0 Å². The monoisotopic (exact) mass is 406 g/mol. The Hall–Kier alpha value is -2.96. The predicted octanol–water partition coefficient (Wildman–Crippen LogP) is 4.18. The van der Waals surface area contributed by atoms with Crippen molar-refractivity contribution in [2.45, 2.75) is 26.5 Å². The van der Waals surface area contributed by atoms with Crippen LogP contribution in [-0.2, 0) is 6.54 Å². The fourth-order valence-corrected chi connectivity index (χ4v) is 4.26. The van der Waals surface area contributed by atoms with Crippen LogP contribution in [0.15, 0.2) is 65.0 Å². The first-order valence-corrected chi connectivity index (χ1v) is 10.3. The van der Waals surface area contributed by atoms with Crippen LogP contribution in [0.5, 0.6) is 5.75 Å². The van der Waals surface area contributed by atoms with Gasteiger partial charge in [-0.15, -0.1) is 11.3 Å². The molecule has 5 nitrogen and oxygen atoms in total. The second kappa shape index (κ2) is 8.19. The highest BCUT2D eigenvalue weighted by molar-refractivity contribution is 7.17. The summed E-state index contributed by atoms with van der Waals surface area (Å²) in [5.41, 5.74) is 3.88. The maximum Gasteiger partial charge on any atom is 0.262 e. The molecule has 0 spiro atoms. The number of nitrogens with zero attached hydrogens (tertiary/aromatic N) is 2. The van der Waals surface area contributed by atoms with Crippen LogP contribution in [0.1, 0.15) is 11.1 Å². The van der Waals surface area contributed by atoms with Gasteiger partial charge in [0.2, 0.25) is 0 Å². The van der Waals surface area contributed by atoms with Crippen molar-refractivity contribution in [3.8, 4) is 16.9 Å². The molecule has 29 heavy (non-hydrogen) atoms. The molecule has 1 unspecified atom stereocenters. The largest absolute Gasteiger partial charge is 0.491 e. The highest BCUT2D eigenvalue weighted by Crippen LogP contribution is 2.30. The van der Waals surface area contributed by atoms with Crippen LogP contribution in [0.4, 0.5) is 0 Å². The molecule has 0 aliphatic carbocycles. The first kappa shape index (κ1) is 19.4. The first-order chi connectivity index (χ1) is 14.0. The van der Waals surface area contributed by atoms with Gasteiger partial charge in [-0.2, -0.15) is 0 Å². The highest BCUT2D eigenvalue weighted by Gasteiger charge is 2.15. The summed E-state index contributed by atoms with van der Waals surface area (Å²) in [7, 11) is 0. The zero-order valence-corrected chi connectivity index (χ0v) is 17.1. The zero-order valence-electron chi connectivity index (χ0n) is 16.3. The Morgan fingerprint density at radius 2 is 1.97 bits per heavy atom. The van der Waals surface area contributed by atoms with E-state index in [0.717, 1.165) is 28.0 Å². The van der Waals surface area contributed by atoms with Crippen LogP contribution in [0.3, 0.4) is 0 Å². The second-order valence-corrected chi connectivity index (χ2v) is 7.99. The lowest BCUT2D eigenvalue weighted by Gasteiger charge is -2.15. The average molecular weight is 407 g/mol. The van der Waals surface area contributed by atoms with E-state index < -0.39 is 6.10 Å². The molecule has 2 aromatic carbocycles. The normalized spacial score (nSPS) is 12.2. The minimum atomic E-state index is -0.827. The van der Waals surface area contributed by atoms with Gasteiger partial charge in [0.25, 0.3) is 5.56 Å².